The van der Waals surface area contributed by atoms with Crippen molar-refractivity contribution in [2.75, 3.05) is 6.54 Å². The number of halogens is 2. The largest absolute Gasteiger partial charge is 0.269 e. The summed E-state index contributed by atoms with van der Waals surface area (Å²) in [6.45, 7) is -0.0346. The van der Waals surface area contributed by atoms with E-state index in [1.54, 1.807) is 12.1 Å². The third kappa shape index (κ3) is 2.70. The molecule has 0 N–H and O–H groups in total. The smallest absolute Gasteiger partial charge is 0.262 e. The summed E-state index contributed by atoms with van der Waals surface area (Å²) in [7, 11) is -4.06. The van der Waals surface area contributed by atoms with Gasteiger partial charge < -0.3 is 0 Å². The molecular weight excluding hydrogens is 381 g/mol. The molecule has 1 aliphatic heterocycles. The van der Waals surface area contributed by atoms with Crippen LogP contribution in [0.15, 0.2) is 52.3 Å². The average Bonchev–Trinajstić information content (AvgIpc) is 2.62. The Kier molecular flexibility index (Phi) is 4.06. The van der Waals surface area contributed by atoms with Gasteiger partial charge in [0, 0.05) is 25.7 Å². The summed E-state index contributed by atoms with van der Waals surface area (Å²) < 4.78 is 41.9. The van der Waals surface area contributed by atoms with Crippen LogP contribution in [-0.2, 0) is 23.0 Å². The van der Waals surface area contributed by atoms with Gasteiger partial charge in [-0.2, -0.15) is 4.31 Å². The van der Waals surface area contributed by atoms with E-state index in [9.17, 15) is 17.6 Å². The Labute approximate surface area is 153 Å². The Morgan fingerprint density at radius 1 is 1.15 bits per heavy atom. The number of aromatic nitrogens is 2. The van der Waals surface area contributed by atoms with Gasteiger partial charge in [0.1, 0.15) is 16.4 Å². The van der Waals surface area contributed by atoms with Gasteiger partial charge in [-0.05, 0) is 24.3 Å². The van der Waals surface area contributed by atoms with E-state index in [1.165, 1.54) is 28.8 Å². The molecule has 3 heterocycles. The zero-order valence-corrected chi connectivity index (χ0v) is 15.0. The van der Waals surface area contributed by atoms with Crippen LogP contribution in [0, 0.1) is 5.82 Å². The lowest BCUT2D eigenvalue weighted by Gasteiger charge is -2.27. The second kappa shape index (κ2) is 6.15. The summed E-state index contributed by atoms with van der Waals surface area (Å²) in [6, 6.07) is 8.45. The Morgan fingerprint density at radius 2 is 1.92 bits per heavy atom. The van der Waals surface area contributed by atoms with E-state index in [2.05, 4.69) is 4.98 Å². The molecule has 3 aromatic rings. The Balaban J connectivity index is 1.81. The van der Waals surface area contributed by atoms with E-state index in [4.69, 9.17) is 11.6 Å². The van der Waals surface area contributed by atoms with Crippen molar-refractivity contribution < 1.29 is 12.8 Å². The Hall–Kier alpha value is -2.29. The van der Waals surface area contributed by atoms with Gasteiger partial charge in [0.05, 0.1) is 16.3 Å². The number of hydrogen-bond acceptors (Lipinski definition) is 4. The predicted octanol–water partition coefficient (Wildman–Crippen LogP) is 2.23. The first-order valence-corrected chi connectivity index (χ1v) is 9.64. The van der Waals surface area contributed by atoms with Crippen molar-refractivity contribution in [1.82, 2.24) is 13.7 Å². The van der Waals surface area contributed by atoms with Crippen LogP contribution in [0.1, 0.15) is 11.3 Å². The summed E-state index contributed by atoms with van der Waals surface area (Å²) >= 11 is 5.94. The van der Waals surface area contributed by atoms with Gasteiger partial charge in [0.15, 0.2) is 0 Å². The Morgan fingerprint density at radius 3 is 2.69 bits per heavy atom. The lowest BCUT2D eigenvalue weighted by atomic mass is 10.1. The SMILES string of the molecule is O=c1c2c(nc3ccc(Cl)cn13)CCN(S(=O)(=O)c1ccccc1F)C2. The summed E-state index contributed by atoms with van der Waals surface area (Å²) in [5.74, 6) is -0.821. The first-order valence-electron chi connectivity index (χ1n) is 7.82. The summed E-state index contributed by atoms with van der Waals surface area (Å²) in [6.07, 6.45) is 1.72. The number of sulfonamides is 1. The summed E-state index contributed by atoms with van der Waals surface area (Å²) in [5, 5.41) is 0.369. The van der Waals surface area contributed by atoms with E-state index in [1.807, 2.05) is 0 Å². The van der Waals surface area contributed by atoms with Crippen molar-refractivity contribution in [2.45, 2.75) is 17.9 Å². The number of rotatable bonds is 2. The van der Waals surface area contributed by atoms with Crippen LogP contribution in [0.3, 0.4) is 0 Å². The summed E-state index contributed by atoms with van der Waals surface area (Å²) in [4.78, 5) is 16.8. The molecule has 0 saturated carbocycles. The molecular formula is C17H13ClFN3O3S. The van der Waals surface area contributed by atoms with Crippen molar-refractivity contribution in [2.24, 2.45) is 0 Å². The van der Waals surface area contributed by atoms with E-state index < -0.39 is 20.7 Å². The molecule has 4 rings (SSSR count). The van der Waals surface area contributed by atoms with Crippen LogP contribution in [-0.4, -0.2) is 28.7 Å². The van der Waals surface area contributed by atoms with Gasteiger partial charge in [-0.1, -0.05) is 23.7 Å². The van der Waals surface area contributed by atoms with Crippen molar-refractivity contribution in [3.8, 4) is 0 Å². The molecule has 26 heavy (non-hydrogen) atoms. The van der Waals surface area contributed by atoms with Crippen LogP contribution in [0.4, 0.5) is 4.39 Å². The maximum absolute atomic E-state index is 14.0. The molecule has 0 spiro atoms. The van der Waals surface area contributed by atoms with Crippen LogP contribution >= 0.6 is 11.6 Å². The van der Waals surface area contributed by atoms with Crippen molar-refractivity contribution in [3.05, 3.63) is 75.0 Å². The first kappa shape index (κ1) is 17.1. The van der Waals surface area contributed by atoms with Crippen LogP contribution in [0.2, 0.25) is 5.02 Å². The van der Waals surface area contributed by atoms with E-state index in [-0.39, 0.29) is 30.6 Å². The normalized spacial score (nSPS) is 15.2. The minimum atomic E-state index is -4.06. The topological polar surface area (TPSA) is 71.8 Å². The van der Waals surface area contributed by atoms with E-state index in [0.717, 1.165) is 10.4 Å². The van der Waals surface area contributed by atoms with E-state index >= 15 is 0 Å². The number of pyridine rings is 1. The van der Waals surface area contributed by atoms with Crippen LogP contribution < -0.4 is 5.56 Å². The minimum Gasteiger partial charge on any atom is -0.269 e. The predicted molar refractivity (Wildman–Crippen MR) is 94.2 cm³/mol. The molecule has 0 fully saturated rings. The monoisotopic (exact) mass is 393 g/mol. The van der Waals surface area contributed by atoms with Crippen molar-refractivity contribution in [3.63, 3.8) is 0 Å². The third-order valence-corrected chi connectivity index (χ3v) is 6.45. The molecule has 9 heteroatoms. The van der Waals surface area contributed by atoms with Crippen molar-refractivity contribution in [1.29, 1.82) is 0 Å². The molecule has 1 aromatic carbocycles. The highest BCUT2D eigenvalue weighted by Crippen LogP contribution is 2.24. The molecule has 0 aliphatic carbocycles. The van der Waals surface area contributed by atoms with Gasteiger partial charge in [-0.25, -0.2) is 17.8 Å². The van der Waals surface area contributed by atoms with Gasteiger partial charge in [0.2, 0.25) is 10.0 Å². The molecule has 0 atom stereocenters. The second-order valence-corrected chi connectivity index (χ2v) is 8.28. The molecule has 0 unspecified atom stereocenters. The fourth-order valence-corrected chi connectivity index (χ4v) is 4.68. The van der Waals surface area contributed by atoms with Gasteiger partial charge in [-0.15, -0.1) is 0 Å². The third-order valence-electron chi connectivity index (χ3n) is 4.35. The van der Waals surface area contributed by atoms with Crippen LogP contribution in [0.25, 0.3) is 5.65 Å². The average molecular weight is 394 g/mol. The first-order chi connectivity index (χ1) is 12.4. The zero-order valence-electron chi connectivity index (χ0n) is 13.4. The molecule has 6 nitrogen and oxygen atoms in total. The maximum atomic E-state index is 14.0. The standard InChI is InChI=1S/C17H13ClFN3O3S/c18-11-5-6-16-20-14-7-8-21(10-12(14)17(23)22(16)9-11)26(24,25)15-4-2-1-3-13(15)19/h1-6,9H,7-8,10H2. The fourth-order valence-electron chi connectivity index (χ4n) is 3.05. The zero-order chi connectivity index (χ0) is 18.5. The maximum Gasteiger partial charge on any atom is 0.262 e. The van der Waals surface area contributed by atoms with Gasteiger partial charge >= 0.3 is 0 Å². The van der Waals surface area contributed by atoms with Crippen LogP contribution in [0.5, 0.6) is 0 Å². The number of fused-ring (bicyclic) bond motifs is 2. The molecule has 2 aromatic heterocycles. The minimum absolute atomic E-state index is 0.125. The number of benzene rings is 1. The highest BCUT2D eigenvalue weighted by molar-refractivity contribution is 7.89. The number of hydrogen-bond donors (Lipinski definition) is 0. The van der Waals surface area contributed by atoms with Gasteiger partial charge in [-0.3, -0.25) is 9.20 Å². The quantitative estimate of drug-likeness (QED) is 0.669. The van der Waals surface area contributed by atoms with E-state index in [0.29, 0.717) is 16.4 Å². The molecule has 134 valence electrons. The molecule has 0 radical (unpaired) electrons. The fraction of sp³-hybridized carbons (Fsp3) is 0.176. The second-order valence-electron chi connectivity index (χ2n) is 5.94. The number of nitrogens with zero attached hydrogens (tertiary/aromatic N) is 3. The lowest BCUT2D eigenvalue weighted by Crippen LogP contribution is -2.40. The Bertz CT molecular complexity index is 1190. The molecule has 0 amide bonds. The van der Waals surface area contributed by atoms with Gasteiger partial charge in [0.25, 0.3) is 5.56 Å². The highest BCUT2D eigenvalue weighted by atomic mass is 35.5. The molecule has 0 bridgehead atoms. The lowest BCUT2D eigenvalue weighted by molar-refractivity contribution is 0.382. The van der Waals surface area contributed by atoms with Crippen molar-refractivity contribution >= 4 is 27.3 Å². The highest BCUT2D eigenvalue weighted by Gasteiger charge is 2.32. The molecule has 1 aliphatic rings. The molecule has 0 saturated heterocycles. The summed E-state index contributed by atoms with van der Waals surface area (Å²) in [5.41, 5.74) is 0.901.